The fraction of sp³-hybridized carbons (Fsp3) is 0.562. The molecule has 0 unspecified atom stereocenters. The molecule has 0 saturated carbocycles. The summed E-state index contributed by atoms with van der Waals surface area (Å²) < 4.78 is 0. The second-order valence-corrected chi connectivity index (χ2v) is 5.00. The van der Waals surface area contributed by atoms with Gasteiger partial charge in [0.15, 0.2) is 0 Å². The fourth-order valence-electron chi connectivity index (χ4n) is 2.26. The molecule has 1 aromatic rings. The largest absolute Gasteiger partial charge is 1.00 e. The van der Waals surface area contributed by atoms with Crippen LogP contribution in [0.2, 0.25) is 0 Å². The van der Waals surface area contributed by atoms with E-state index in [0.29, 0.717) is 12.0 Å². The standard InChI is InChI=1S/C16H24O3.K/c1-2-3-4-5-6-7-8-9-13-12-14(17)10-11-15(13)16(18)19;/h10-12,17H,2-9H2,1H3,(H,18,19);/q;+1/p-1. The van der Waals surface area contributed by atoms with Crippen LogP contribution in [0.15, 0.2) is 18.2 Å². The maximum Gasteiger partial charge on any atom is 1.00 e. The van der Waals surface area contributed by atoms with Crippen LogP contribution in [-0.4, -0.2) is 11.1 Å². The van der Waals surface area contributed by atoms with Crippen LogP contribution in [0.5, 0.6) is 5.75 Å². The monoisotopic (exact) mass is 302 g/mol. The number of carboxylic acids is 1. The van der Waals surface area contributed by atoms with E-state index < -0.39 is 5.97 Å². The first kappa shape index (κ1) is 20.1. The normalized spacial score (nSPS) is 10.1. The molecule has 4 heteroatoms. The maximum absolute atomic E-state index is 11.3. The molecule has 20 heavy (non-hydrogen) atoms. The van der Waals surface area contributed by atoms with E-state index in [-0.39, 0.29) is 62.7 Å². The Balaban J connectivity index is 0.00000361. The summed E-state index contributed by atoms with van der Waals surface area (Å²) in [5, 5.41) is 20.3. The predicted molar refractivity (Wildman–Crippen MR) is 74.5 cm³/mol. The first-order chi connectivity index (χ1) is 9.15. The second-order valence-electron chi connectivity index (χ2n) is 5.00. The Morgan fingerprint density at radius 1 is 1.10 bits per heavy atom. The van der Waals surface area contributed by atoms with Gasteiger partial charge in [-0.25, -0.2) is 4.79 Å². The average molecular weight is 302 g/mol. The molecule has 0 aliphatic carbocycles. The van der Waals surface area contributed by atoms with E-state index in [2.05, 4.69) is 6.92 Å². The Labute approximate surface area is 164 Å². The van der Waals surface area contributed by atoms with Crippen molar-refractivity contribution >= 4 is 5.97 Å². The van der Waals surface area contributed by atoms with Crippen molar-refractivity contribution in [3.63, 3.8) is 0 Å². The van der Waals surface area contributed by atoms with Gasteiger partial charge in [0.25, 0.3) is 0 Å². The molecule has 0 atom stereocenters. The molecule has 0 heterocycles. The number of unbranched alkanes of at least 4 members (excludes halogenated alkanes) is 6. The van der Waals surface area contributed by atoms with Crippen LogP contribution in [0.4, 0.5) is 0 Å². The van der Waals surface area contributed by atoms with Crippen molar-refractivity contribution in [1.29, 1.82) is 0 Å². The zero-order chi connectivity index (χ0) is 14.1. The number of aromatic carboxylic acids is 1. The summed E-state index contributed by atoms with van der Waals surface area (Å²) in [7, 11) is 0. The SMILES string of the molecule is CCCCCCCCCc1cc([O-])ccc1C(=O)O.[K+]. The van der Waals surface area contributed by atoms with Crippen LogP contribution in [-0.2, 0) is 6.42 Å². The van der Waals surface area contributed by atoms with Gasteiger partial charge in [-0.1, -0.05) is 57.6 Å². The smallest absolute Gasteiger partial charge is 0.872 e. The van der Waals surface area contributed by atoms with Crippen LogP contribution < -0.4 is 56.5 Å². The first-order valence-corrected chi connectivity index (χ1v) is 7.18. The number of hydrogen-bond acceptors (Lipinski definition) is 2. The third-order valence-corrected chi connectivity index (χ3v) is 3.36. The molecule has 1 N–H and O–H groups in total. The Bertz CT molecular complexity index is 405. The van der Waals surface area contributed by atoms with Crippen LogP contribution >= 0.6 is 0 Å². The van der Waals surface area contributed by atoms with Crippen molar-refractivity contribution in [2.45, 2.75) is 58.3 Å². The van der Waals surface area contributed by atoms with Crippen molar-refractivity contribution < 1.29 is 66.4 Å². The number of carboxylic acid groups (broad SMARTS) is 1. The summed E-state index contributed by atoms with van der Waals surface area (Å²) in [5.74, 6) is -1.05. The van der Waals surface area contributed by atoms with E-state index in [4.69, 9.17) is 5.11 Å². The summed E-state index contributed by atoms with van der Waals surface area (Å²) in [6, 6.07) is 4.19. The number of carbonyl (C=O) groups is 1. The Morgan fingerprint density at radius 2 is 1.70 bits per heavy atom. The van der Waals surface area contributed by atoms with Crippen molar-refractivity contribution in [3.05, 3.63) is 29.3 Å². The van der Waals surface area contributed by atoms with Gasteiger partial charge in [-0.05, 0) is 24.5 Å². The minimum absolute atomic E-state index is 0. The van der Waals surface area contributed by atoms with Crippen molar-refractivity contribution in [3.8, 4) is 5.75 Å². The zero-order valence-electron chi connectivity index (χ0n) is 12.7. The molecule has 0 radical (unpaired) electrons. The molecule has 0 aliphatic rings. The Hall–Kier alpha value is 0.126. The van der Waals surface area contributed by atoms with E-state index in [1.807, 2.05) is 0 Å². The van der Waals surface area contributed by atoms with Crippen LogP contribution in [0.1, 0.15) is 67.8 Å². The summed E-state index contributed by atoms with van der Waals surface area (Å²) in [6.45, 7) is 2.20. The van der Waals surface area contributed by atoms with E-state index in [1.54, 1.807) is 0 Å². The van der Waals surface area contributed by atoms with Gasteiger partial charge in [0.05, 0.1) is 5.56 Å². The molecule has 1 aromatic carbocycles. The van der Waals surface area contributed by atoms with Crippen LogP contribution in [0, 0.1) is 0 Å². The summed E-state index contributed by atoms with van der Waals surface area (Å²) >= 11 is 0. The molecule has 106 valence electrons. The maximum atomic E-state index is 11.3. The minimum atomic E-state index is -0.946. The quantitative estimate of drug-likeness (QED) is 0.541. The summed E-state index contributed by atoms with van der Waals surface area (Å²) in [4.78, 5) is 11.0. The molecule has 0 amide bonds. The number of benzene rings is 1. The van der Waals surface area contributed by atoms with E-state index in [9.17, 15) is 9.90 Å². The molecular weight excluding hydrogens is 279 g/mol. The molecular formula is C16H23KO3. The number of rotatable bonds is 9. The average Bonchev–Trinajstić information content (AvgIpc) is 2.37. The molecule has 0 aromatic heterocycles. The van der Waals surface area contributed by atoms with Gasteiger partial charge in [0.1, 0.15) is 0 Å². The van der Waals surface area contributed by atoms with Gasteiger partial charge in [-0.15, -0.1) is 5.75 Å². The van der Waals surface area contributed by atoms with Gasteiger partial charge < -0.3 is 10.2 Å². The molecule has 0 spiro atoms. The molecule has 0 aliphatic heterocycles. The predicted octanol–water partition coefficient (Wildman–Crippen LogP) is 0.756. The molecule has 0 bridgehead atoms. The summed E-state index contributed by atoms with van der Waals surface area (Å²) in [5.41, 5.74) is 0.944. The van der Waals surface area contributed by atoms with E-state index in [0.717, 1.165) is 12.8 Å². The third-order valence-electron chi connectivity index (χ3n) is 3.36. The number of hydrogen-bond donors (Lipinski definition) is 1. The number of aryl methyl sites for hydroxylation is 1. The topological polar surface area (TPSA) is 60.4 Å². The Morgan fingerprint density at radius 3 is 2.30 bits per heavy atom. The first-order valence-electron chi connectivity index (χ1n) is 7.18. The fourth-order valence-corrected chi connectivity index (χ4v) is 2.26. The minimum Gasteiger partial charge on any atom is -0.872 e. The Kier molecular flexibility index (Phi) is 11.8. The second kappa shape index (κ2) is 11.8. The van der Waals surface area contributed by atoms with Crippen LogP contribution in [0.25, 0.3) is 0 Å². The van der Waals surface area contributed by atoms with Gasteiger partial charge in [0.2, 0.25) is 0 Å². The molecule has 3 nitrogen and oxygen atoms in total. The van der Waals surface area contributed by atoms with Gasteiger partial charge >= 0.3 is 57.4 Å². The van der Waals surface area contributed by atoms with Gasteiger partial charge in [-0.2, -0.15) is 0 Å². The zero-order valence-corrected chi connectivity index (χ0v) is 15.8. The molecule has 0 fully saturated rings. The van der Waals surface area contributed by atoms with Crippen LogP contribution in [0.3, 0.4) is 0 Å². The van der Waals surface area contributed by atoms with E-state index in [1.165, 1.54) is 50.3 Å². The van der Waals surface area contributed by atoms with Crippen molar-refractivity contribution in [2.24, 2.45) is 0 Å². The van der Waals surface area contributed by atoms with Gasteiger partial charge in [-0.3, -0.25) is 0 Å². The molecule has 1 rings (SSSR count). The van der Waals surface area contributed by atoms with Crippen molar-refractivity contribution in [2.75, 3.05) is 0 Å². The van der Waals surface area contributed by atoms with Crippen molar-refractivity contribution in [1.82, 2.24) is 0 Å². The van der Waals surface area contributed by atoms with E-state index >= 15 is 0 Å². The molecule has 0 saturated heterocycles. The van der Waals surface area contributed by atoms with Gasteiger partial charge in [0, 0.05) is 0 Å². The third kappa shape index (κ3) is 7.79. The summed E-state index contributed by atoms with van der Waals surface area (Å²) in [6.07, 6.45) is 9.01.